The van der Waals surface area contributed by atoms with Gasteiger partial charge in [-0.3, -0.25) is 4.79 Å². The molecular formula is C23H27BrClN3O. The van der Waals surface area contributed by atoms with Crippen LogP contribution in [0.5, 0.6) is 0 Å². The summed E-state index contributed by atoms with van der Waals surface area (Å²) < 4.78 is 3.13. The van der Waals surface area contributed by atoms with Gasteiger partial charge in [-0.05, 0) is 55.2 Å². The predicted molar refractivity (Wildman–Crippen MR) is 123 cm³/mol. The van der Waals surface area contributed by atoms with Crippen molar-refractivity contribution in [2.45, 2.75) is 47.2 Å². The molecular weight excluding hydrogens is 450 g/mol. The van der Waals surface area contributed by atoms with Gasteiger partial charge in [0.2, 0.25) is 0 Å². The van der Waals surface area contributed by atoms with Crippen molar-refractivity contribution >= 4 is 44.5 Å². The smallest absolute Gasteiger partial charge is 0.254 e. The number of halogens is 2. The number of hydrogen-bond donors (Lipinski definition) is 0. The predicted octanol–water partition coefficient (Wildman–Crippen LogP) is 6.47. The fourth-order valence-corrected chi connectivity index (χ4v) is 4.02. The van der Waals surface area contributed by atoms with Gasteiger partial charge in [0.25, 0.3) is 5.91 Å². The van der Waals surface area contributed by atoms with E-state index >= 15 is 0 Å². The van der Waals surface area contributed by atoms with Crippen LogP contribution in [0, 0.1) is 12.8 Å². The first-order valence-corrected chi connectivity index (χ1v) is 11.2. The molecule has 1 aromatic heterocycles. The van der Waals surface area contributed by atoms with Gasteiger partial charge >= 0.3 is 0 Å². The van der Waals surface area contributed by atoms with E-state index in [9.17, 15) is 4.79 Å². The molecule has 0 aliphatic rings. The van der Waals surface area contributed by atoms with Crippen molar-refractivity contribution in [3.05, 3.63) is 62.8 Å². The molecule has 154 valence electrons. The first-order chi connectivity index (χ1) is 13.8. The lowest BCUT2D eigenvalue weighted by atomic mass is 10.1. The number of carbonyl (C=O) groups is 1. The van der Waals surface area contributed by atoms with Crippen molar-refractivity contribution in [3.8, 4) is 0 Å². The Hall–Kier alpha value is -1.85. The van der Waals surface area contributed by atoms with Gasteiger partial charge in [0.05, 0.1) is 17.6 Å². The first-order valence-electron chi connectivity index (χ1n) is 10.00. The fourth-order valence-electron chi connectivity index (χ4n) is 3.48. The minimum absolute atomic E-state index is 0.0209. The Labute approximate surface area is 186 Å². The number of carbonyl (C=O) groups excluding carboxylic acids is 1. The second-order valence-corrected chi connectivity index (χ2v) is 9.15. The third-order valence-corrected chi connectivity index (χ3v) is 5.95. The van der Waals surface area contributed by atoms with Crippen LogP contribution in [0.3, 0.4) is 0 Å². The quantitative estimate of drug-likeness (QED) is 0.392. The molecule has 1 heterocycles. The first kappa shape index (κ1) is 21.8. The molecule has 0 bridgehead atoms. The van der Waals surface area contributed by atoms with Crippen LogP contribution in [0.2, 0.25) is 5.02 Å². The van der Waals surface area contributed by atoms with Gasteiger partial charge in [-0.1, -0.05) is 54.4 Å². The largest absolute Gasteiger partial charge is 0.331 e. The van der Waals surface area contributed by atoms with E-state index in [-0.39, 0.29) is 5.91 Å². The number of aryl methyl sites for hydroxylation is 2. The third-order valence-electron chi connectivity index (χ3n) is 4.86. The van der Waals surface area contributed by atoms with Gasteiger partial charge in [0.1, 0.15) is 5.82 Å². The van der Waals surface area contributed by atoms with Crippen LogP contribution in [0.25, 0.3) is 11.0 Å². The van der Waals surface area contributed by atoms with Crippen molar-refractivity contribution in [2.75, 3.05) is 6.54 Å². The molecule has 4 nitrogen and oxygen atoms in total. The molecule has 0 aliphatic carbocycles. The maximum absolute atomic E-state index is 13.3. The highest BCUT2D eigenvalue weighted by atomic mass is 79.9. The Balaban J connectivity index is 1.99. The number of imidazole rings is 1. The zero-order chi connectivity index (χ0) is 21.1. The average Bonchev–Trinajstić information content (AvgIpc) is 2.99. The Morgan fingerprint density at radius 1 is 1.24 bits per heavy atom. The van der Waals surface area contributed by atoms with Crippen molar-refractivity contribution in [2.24, 2.45) is 5.92 Å². The number of rotatable bonds is 7. The summed E-state index contributed by atoms with van der Waals surface area (Å²) in [6.07, 6.45) is 0.980. The lowest BCUT2D eigenvalue weighted by Gasteiger charge is -2.25. The van der Waals surface area contributed by atoms with Crippen LogP contribution in [-0.4, -0.2) is 26.9 Å². The van der Waals surface area contributed by atoms with Crippen LogP contribution in [0.4, 0.5) is 0 Å². The molecule has 0 saturated carbocycles. The van der Waals surface area contributed by atoms with E-state index in [0.717, 1.165) is 39.9 Å². The van der Waals surface area contributed by atoms with E-state index in [4.69, 9.17) is 16.6 Å². The summed E-state index contributed by atoms with van der Waals surface area (Å²) in [5, 5.41) is 0.695. The lowest BCUT2D eigenvalue weighted by Crippen LogP contribution is -2.34. The average molecular weight is 477 g/mol. The minimum atomic E-state index is 0.0209. The molecule has 0 aliphatic heterocycles. The summed E-state index contributed by atoms with van der Waals surface area (Å²) in [6, 6.07) is 11.5. The van der Waals surface area contributed by atoms with Gasteiger partial charge in [-0.15, -0.1) is 0 Å². The van der Waals surface area contributed by atoms with Crippen LogP contribution in [-0.2, 0) is 13.1 Å². The van der Waals surface area contributed by atoms with E-state index in [1.54, 1.807) is 0 Å². The van der Waals surface area contributed by atoms with E-state index in [1.807, 2.05) is 48.2 Å². The van der Waals surface area contributed by atoms with Crippen molar-refractivity contribution in [1.82, 2.24) is 14.5 Å². The number of aromatic nitrogens is 2. The second-order valence-electron chi connectivity index (χ2n) is 7.86. The molecule has 1 amide bonds. The lowest BCUT2D eigenvalue weighted by molar-refractivity contribution is 0.0716. The molecule has 0 unspecified atom stereocenters. The maximum atomic E-state index is 13.3. The molecule has 0 saturated heterocycles. The van der Waals surface area contributed by atoms with Crippen LogP contribution in [0.1, 0.15) is 48.9 Å². The van der Waals surface area contributed by atoms with Crippen LogP contribution < -0.4 is 0 Å². The second kappa shape index (κ2) is 9.31. The monoisotopic (exact) mass is 475 g/mol. The highest BCUT2D eigenvalue weighted by Gasteiger charge is 2.21. The molecule has 0 fully saturated rings. The summed E-state index contributed by atoms with van der Waals surface area (Å²) in [6.45, 7) is 10.4. The molecule has 0 spiro atoms. The number of nitrogens with zero attached hydrogens (tertiary/aromatic N) is 3. The van der Waals surface area contributed by atoms with Crippen LogP contribution in [0.15, 0.2) is 40.9 Å². The third kappa shape index (κ3) is 5.01. The number of hydrogen-bond acceptors (Lipinski definition) is 2. The van der Waals surface area contributed by atoms with Gasteiger partial charge < -0.3 is 9.47 Å². The molecule has 0 N–H and O–H groups in total. The van der Waals surface area contributed by atoms with E-state index in [0.29, 0.717) is 29.6 Å². The Morgan fingerprint density at radius 2 is 2.00 bits per heavy atom. The highest BCUT2D eigenvalue weighted by Crippen LogP contribution is 2.24. The van der Waals surface area contributed by atoms with Crippen molar-refractivity contribution in [3.63, 3.8) is 0 Å². The Kier molecular flexibility index (Phi) is 7.01. The normalized spacial score (nSPS) is 11.4. The summed E-state index contributed by atoms with van der Waals surface area (Å²) in [7, 11) is 0. The zero-order valence-corrected chi connectivity index (χ0v) is 19.7. The molecule has 29 heavy (non-hydrogen) atoms. The Morgan fingerprint density at radius 3 is 2.66 bits per heavy atom. The zero-order valence-electron chi connectivity index (χ0n) is 17.4. The van der Waals surface area contributed by atoms with Gasteiger partial charge in [0, 0.05) is 28.1 Å². The molecule has 6 heteroatoms. The molecule has 2 aromatic carbocycles. The number of benzene rings is 2. The summed E-state index contributed by atoms with van der Waals surface area (Å²) in [5.41, 5.74) is 3.72. The SMILES string of the molecule is CCCn1c(CN(CC(C)C)C(=O)c2ccc(C)c(Br)c2)nc2ccc(Cl)cc21. The van der Waals surface area contributed by atoms with Gasteiger partial charge in [0.15, 0.2) is 0 Å². The fraction of sp³-hybridized carbons (Fsp3) is 0.391. The summed E-state index contributed by atoms with van der Waals surface area (Å²) >= 11 is 9.77. The summed E-state index contributed by atoms with van der Waals surface area (Å²) in [5.74, 6) is 1.27. The van der Waals surface area contributed by atoms with Crippen molar-refractivity contribution < 1.29 is 4.79 Å². The van der Waals surface area contributed by atoms with E-state index < -0.39 is 0 Å². The standard InChI is InChI=1S/C23H27BrClN3O/c1-5-10-28-21-12-18(25)8-9-20(21)26-22(28)14-27(13-15(2)3)23(29)17-7-6-16(4)19(24)11-17/h6-9,11-12,15H,5,10,13-14H2,1-4H3. The summed E-state index contributed by atoms with van der Waals surface area (Å²) in [4.78, 5) is 20.1. The van der Waals surface area contributed by atoms with Crippen molar-refractivity contribution in [1.29, 1.82) is 0 Å². The Bertz CT molecular complexity index is 1030. The van der Waals surface area contributed by atoms with Crippen LogP contribution >= 0.6 is 27.5 Å². The van der Waals surface area contributed by atoms with Gasteiger partial charge in [-0.2, -0.15) is 0 Å². The molecule has 0 atom stereocenters. The van der Waals surface area contributed by atoms with E-state index in [1.165, 1.54) is 0 Å². The minimum Gasteiger partial charge on any atom is -0.331 e. The number of amides is 1. The highest BCUT2D eigenvalue weighted by molar-refractivity contribution is 9.10. The molecule has 3 rings (SSSR count). The van der Waals surface area contributed by atoms with Gasteiger partial charge in [-0.25, -0.2) is 4.98 Å². The van der Waals surface area contributed by atoms with E-state index in [2.05, 4.69) is 41.3 Å². The topological polar surface area (TPSA) is 38.1 Å². The number of fused-ring (bicyclic) bond motifs is 1. The molecule has 0 radical (unpaired) electrons. The maximum Gasteiger partial charge on any atom is 0.254 e. The molecule has 3 aromatic rings.